The van der Waals surface area contributed by atoms with Crippen LogP contribution in [0, 0.1) is 0 Å². The van der Waals surface area contributed by atoms with Gasteiger partial charge in [-0.15, -0.1) is 10.2 Å². The quantitative estimate of drug-likeness (QED) is 0.788. The van der Waals surface area contributed by atoms with Crippen molar-refractivity contribution >= 4 is 11.7 Å². The molecule has 0 saturated carbocycles. The summed E-state index contributed by atoms with van der Waals surface area (Å²) in [6, 6.07) is 8.38. The van der Waals surface area contributed by atoms with E-state index in [0.29, 0.717) is 32.0 Å². The maximum Gasteiger partial charge on any atom is 0.416 e. The lowest BCUT2D eigenvalue weighted by Crippen LogP contribution is -2.39. The van der Waals surface area contributed by atoms with Crippen LogP contribution < -0.4 is 10.6 Å². The monoisotopic (exact) mass is 394 g/mol. The molecular weight excluding hydrogens is 373 g/mol. The Kier molecular flexibility index (Phi) is 6.45. The number of alkyl halides is 3. The van der Waals surface area contributed by atoms with Gasteiger partial charge in [0.2, 0.25) is 0 Å². The van der Waals surface area contributed by atoms with Crippen molar-refractivity contribution in [2.45, 2.75) is 31.5 Å². The van der Waals surface area contributed by atoms with Crippen LogP contribution in [-0.4, -0.2) is 41.9 Å². The van der Waals surface area contributed by atoms with Gasteiger partial charge in [-0.3, -0.25) is 4.79 Å². The summed E-state index contributed by atoms with van der Waals surface area (Å²) in [5.41, 5.74) is 0.352. The third kappa shape index (κ3) is 5.66. The topological polar surface area (TPSA) is 76.1 Å². The first kappa shape index (κ1) is 20.1. The summed E-state index contributed by atoms with van der Waals surface area (Å²) in [5.74, 6) is 0.227. The number of benzene rings is 1. The van der Waals surface area contributed by atoms with Gasteiger partial charge in [0.05, 0.1) is 5.56 Å². The number of anilines is 1. The molecule has 1 saturated heterocycles. The lowest BCUT2D eigenvalue weighted by molar-refractivity contribution is -0.137. The SMILES string of the molecule is O=C(NC1CCOCC1)c1ccc(NCCc2ccc(C(F)(F)F)cc2)nn1. The number of hydrogen-bond donors (Lipinski definition) is 2. The van der Waals surface area contributed by atoms with Gasteiger partial charge in [-0.1, -0.05) is 12.1 Å². The standard InChI is InChI=1S/C19H21F3N4O2/c20-19(21,22)14-3-1-13(2-4-14)7-10-23-17-6-5-16(25-26-17)18(27)24-15-8-11-28-12-9-15/h1-6,15H,7-12H2,(H,23,26)(H,24,27). The molecule has 2 heterocycles. The van der Waals surface area contributed by atoms with Crippen LogP contribution in [0.3, 0.4) is 0 Å². The van der Waals surface area contributed by atoms with E-state index in [2.05, 4.69) is 20.8 Å². The van der Waals surface area contributed by atoms with Crippen LogP contribution in [0.4, 0.5) is 19.0 Å². The smallest absolute Gasteiger partial charge is 0.381 e. The Labute approximate surface area is 160 Å². The van der Waals surface area contributed by atoms with Crippen molar-refractivity contribution in [1.82, 2.24) is 15.5 Å². The number of aromatic nitrogens is 2. The van der Waals surface area contributed by atoms with Crippen LogP contribution in [-0.2, 0) is 17.3 Å². The minimum Gasteiger partial charge on any atom is -0.381 e. The molecule has 0 bridgehead atoms. The molecule has 3 rings (SSSR count). The molecule has 0 radical (unpaired) electrons. The summed E-state index contributed by atoms with van der Waals surface area (Å²) in [5, 5.41) is 13.9. The van der Waals surface area contributed by atoms with E-state index < -0.39 is 11.7 Å². The molecular formula is C19H21F3N4O2. The van der Waals surface area contributed by atoms with Crippen molar-refractivity contribution in [1.29, 1.82) is 0 Å². The maximum absolute atomic E-state index is 12.6. The summed E-state index contributed by atoms with van der Waals surface area (Å²) in [7, 11) is 0. The Morgan fingerprint density at radius 1 is 1.07 bits per heavy atom. The molecule has 2 N–H and O–H groups in total. The Morgan fingerprint density at radius 3 is 2.39 bits per heavy atom. The fourth-order valence-electron chi connectivity index (χ4n) is 2.84. The number of nitrogens with one attached hydrogen (secondary N) is 2. The average molecular weight is 394 g/mol. The Balaban J connectivity index is 1.45. The van der Waals surface area contributed by atoms with Gasteiger partial charge in [-0.2, -0.15) is 13.2 Å². The van der Waals surface area contributed by atoms with Crippen molar-refractivity contribution in [2.24, 2.45) is 0 Å². The number of halogens is 3. The second kappa shape index (κ2) is 9.01. The zero-order chi connectivity index (χ0) is 20.0. The second-order valence-electron chi connectivity index (χ2n) is 6.54. The van der Waals surface area contributed by atoms with E-state index in [1.807, 2.05) is 0 Å². The van der Waals surface area contributed by atoms with E-state index >= 15 is 0 Å². The highest BCUT2D eigenvalue weighted by Crippen LogP contribution is 2.29. The van der Waals surface area contributed by atoms with Crippen molar-refractivity contribution in [2.75, 3.05) is 25.1 Å². The molecule has 0 spiro atoms. The van der Waals surface area contributed by atoms with Gasteiger partial charge in [0.1, 0.15) is 5.82 Å². The molecule has 150 valence electrons. The third-order valence-electron chi connectivity index (χ3n) is 4.45. The summed E-state index contributed by atoms with van der Waals surface area (Å²) < 4.78 is 42.9. The number of hydrogen-bond acceptors (Lipinski definition) is 5. The van der Waals surface area contributed by atoms with Crippen LogP contribution in [0.2, 0.25) is 0 Å². The molecule has 9 heteroatoms. The number of amides is 1. The van der Waals surface area contributed by atoms with Crippen LogP contribution in [0.1, 0.15) is 34.5 Å². The van der Waals surface area contributed by atoms with E-state index in [9.17, 15) is 18.0 Å². The van der Waals surface area contributed by atoms with Crippen molar-refractivity contribution < 1.29 is 22.7 Å². The lowest BCUT2D eigenvalue weighted by Gasteiger charge is -2.22. The average Bonchev–Trinajstić information content (AvgIpc) is 2.69. The number of rotatable bonds is 6. The molecule has 28 heavy (non-hydrogen) atoms. The van der Waals surface area contributed by atoms with Gasteiger partial charge in [0.25, 0.3) is 5.91 Å². The van der Waals surface area contributed by atoms with Gasteiger partial charge in [-0.05, 0) is 49.1 Å². The summed E-state index contributed by atoms with van der Waals surface area (Å²) in [6.45, 7) is 1.75. The van der Waals surface area contributed by atoms with Crippen molar-refractivity contribution in [3.05, 3.63) is 53.2 Å². The van der Waals surface area contributed by atoms with Gasteiger partial charge in [0.15, 0.2) is 5.69 Å². The predicted molar refractivity (Wildman–Crippen MR) is 97.0 cm³/mol. The third-order valence-corrected chi connectivity index (χ3v) is 4.45. The van der Waals surface area contributed by atoms with Crippen LogP contribution in [0.15, 0.2) is 36.4 Å². The first-order valence-corrected chi connectivity index (χ1v) is 9.04. The highest BCUT2D eigenvalue weighted by Gasteiger charge is 2.29. The zero-order valence-corrected chi connectivity index (χ0v) is 15.1. The molecule has 0 aliphatic carbocycles. The van der Waals surface area contributed by atoms with E-state index in [1.54, 1.807) is 12.1 Å². The van der Waals surface area contributed by atoms with Crippen LogP contribution in [0.5, 0.6) is 0 Å². The highest BCUT2D eigenvalue weighted by molar-refractivity contribution is 5.92. The number of carbonyl (C=O) groups excluding carboxylic acids is 1. The van der Waals surface area contributed by atoms with Gasteiger partial charge >= 0.3 is 6.18 Å². The normalized spacial score (nSPS) is 15.2. The molecule has 1 amide bonds. The fraction of sp³-hybridized carbons (Fsp3) is 0.421. The molecule has 6 nitrogen and oxygen atoms in total. The van der Waals surface area contributed by atoms with Gasteiger partial charge in [0, 0.05) is 25.8 Å². The van der Waals surface area contributed by atoms with Crippen LogP contribution in [0.25, 0.3) is 0 Å². The van der Waals surface area contributed by atoms with E-state index in [0.717, 1.165) is 30.5 Å². The minimum absolute atomic E-state index is 0.0876. The zero-order valence-electron chi connectivity index (χ0n) is 15.1. The number of ether oxygens (including phenoxy) is 1. The van der Waals surface area contributed by atoms with Crippen LogP contribution >= 0.6 is 0 Å². The van der Waals surface area contributed by atoms with Gasteiger partial charge < -0.3 is 15.4 Å². The maximum atomic E-state index is 12.6. The van der Waals surface area contributed by atoms with E-state index in [1.165, 1.54) is 12.1 Å². The number of nitrogens with zero attached hydrogens (tertiary/aromatic N) is 2. The van der Waals surface area contributed by atoms with E-state index in [-0.39, 0.29) is 17.6 Å². The lowest BCUT2D eigenvalue weighted by atomic mass is 10.1. The summed E-state index contributed by atoms with van der Waals surface area (Å²) in [6.07, 6.45) is -2.23. The number of carbonyl (C=O) groups is 1. The predicted octanol–water partition coefficient (Wildman–Crippen LogP) is 3.06. The van der Waals surface area contributed by atoms with Gasteiger partial charge in [-0.25, -0.2) is 0 Å². The Hall–Kier alpha value is -2.68. The first-order chi connectivity index (χ1) is 13.4. The first-order valence-electron chi connectivity index (χ1n) is 9.04. The van der Waals surface area contributed by atoms with E-state index in [4.69, 9.17) is 4.74 Å². The minimum atomic E-state index is -4.33. The molecule has 1 aromatic carbocycles. The molecule has 1 aliphatic heterocycles. The largest absolute Gasteiger partial charge is 0.416 e. The van der Waals surface area contributed by atoms with Crippen molar-refractivity contribution in [3.63, 3.8) is 0 Å². The summed E-state index contributed by atoms with van der Waals surface area (Å²) in [4.78, 5) is 12.2. The Bertz CT molecular complexity index is 773. The molecule has 1 aliphatic rings. The summed E-state index contributed by atoms with van der Waals surface area (Å²) >= 11 is 0. The molecule has 1 aromatic heterocycles. The van der Waals surface area contributed by atoms with Crippen molar-refractivity contribution in [3.8, 4) is 0 Å². The molecule has 1 fully saturated rings. The highest BCUT2D eigenvalue weighted by atomic mass is 19.4. The Morgan fingerprint density at radius 2 is 1.79 bits per heavy atom. The molecule has 2 aromatic rings. The fourth-order valence-corrected chi connectivity index (χ4v) is 2.84. The molecule has 0 atom stereocenters. The molecule has 0 unspecified atom stereocenters. The second-order valence-corrected chi connectivity index (χ2v) is 6.54.